The van der Waals surface area contributed by atoms with Crippen molar-refractivity contribution in [3.63, 3.8) is 0 Å². The lowest BCUT2D eigenvalue weighted by Crippen LogP contribution is -2.04. The summed E-state index contributed by atoms with van der Waals surface area (Å²) in [6.45, 7) is 1.83. The highest BCUT2D eigenvalue weighted by Gasteiger charge is 2.28. The molecule has 5 nitrogen and oxygen atoms in total. The van der Waals surface area contributed by atoms with Crippen molar-refractivity contribution in [3.8, 4) is 11.6 Å². The normalized spacial score (nSPS) is 14.3. The molecule has 1 aliphatic carbocycles. The van der Waals surface area contributed by atoms with Gasteiger partial charge < -0.3 is 15.6 Å². The summed E-state index contributed by atoms with van der Waals surface area (Å²) in [5.41, 5.74) is 7.46. The maximum absolute atomic E-state index is 9.15. The molecule has 1 aromatic carbocycles. The summed E-state index contributed by atoms with van der Waals surface area (Å²) >= 11 is 0. The summed E-state index contributed by atoms with van der Waals surface area (Å²) in [4.78, 5) is 8.79. The molecule has 3 rings (SSSR count). The molecule has 3 N–H and O–H groups in total. The van der Waals surface area contributed by atoms with Crippen molar-refractivity contribution in [2.45, 2.75) is 32.3 Å². The second-order valence-electron chi connectivity index (χ2n) is 5.08. The van der Waals surface area contributed by atoms with E-state index < -0.39 is 0 Å². The fraction of sp³-hybridized carbons (Fsp3) is 0.333. The van der Waals surface area contributed by atoms with Crippen molar-refractivity contribution in [2.75, 3.05) is 5.73 Å². The van der Waals surface area contributed by atoms with E-state index in [0.29, 0.717) is 23.4 Å². The van der Waals surface area contributed by atoms with Gasteiger partial charge in [-0.3, -0.25) is 0 Å². The van der Waals surface area contributed by atoms with Gasteiger partial charge in [0, 0.05) is 5.92 Å². The lowest BCUT2D eigenvalue weighted by atomic mass is 10.2. The molecule has 1 aliphatic rings. The van der Waals surface area contributed by atoms with Crippen molar-refractivity contribution in [1.29, 1.82) is 0 Å². The van der Waals surface area contributed by atoms with Crippen LogP contribution >= 0.6 is 0 Å². The topological polar surface area (TPSA) is 81.3 Å². The van der Waals surface area contributed by atoms with Crippen LogP contribution in [0.3, 0.4) is 0 Å². The number of hydrogen-bond donors (Lipinski definition) is 2. The second kappa shape index (κ2) is 5.09. The van der Waals surface area contributed by atoms with Crippen molar-refractivity contribution < 1.29 is 9.84 Å². The maximum Gasteiger partial charge on any atom is 0.227 e. The summed E-state index contributed by atoms with van der Waals surface area (Å²) in [5.74, 6) is 2.79. The molecule has 0 saturated heterocycles. The van der Waals surface area contributed by atoms with Gasteiger partial charge in [-0.25, -0.2) is 4.98 Å². The number of aliphatic hydroxyl groups is 1. The van der Waals surface area contributed by atoms with Crippen molar-refractivity contribution in [2.24, 2.45) is 0 Å². The number of nitrogens with zero attached hydrogens (tertiary/aromatic N) is 2. The minimum absolute atomic E-state index is 0.0184. The second-order valence-corrected chi connectivity index (χ2v) is 5.08. The van der Waals surface area contributed by atoms with Gasteiger partial charge in [0.25, 0.3) is 0 Å². The van der Waals surface area contributed by atoms with Crippen LogP contribution in [0.5, 0.6) is 11.6 Å². The number of ether oxygens (including phenoxy) is 1. The Morgan fingerprint density at radius 2 is 2.15 bits per heavy atom. The number of nitrogen functional groups attached to an aromatic ring is 1. The Morgan fingerprint density at radius 3 is 2.85 bits per heavy atom. The summed E-state index contributed by atoms with van der Waals surface area (Å²) in [7, 11) is 0. The lowest BCUT2D eigenvalue weighted by molar-refractivity contribution is 0.281. The summed E-state index contributed by atoms with van der Waals surface area (Å²) < 4.78 is 5.81. The van der Waals surface area contributed by atoms with E-state index in [-0.39, 0.29) is 6.61 Å². The van der Waals surface area contributed by atoms with Gasteiger partial charge in [0.2, 0.25) is 5.88 Å². The highest BCUT2D eigenvalue weighted by atomic mass is 16.5. The lowest BCUT2D eigenvalue weighted by Gasteiger charge is -2.11. The number of anilines is 1. The van der Waals surface area contributed by atoms with Crippen molar-refractivity contribution in [3.05, 3.63) is 41.2 Å². The quantitative estimate of drug-likeness (QED) is 0.893. The third kappa shape index (κ3) is 2.58. The molecule has 0 atom stereocenters. The molecule has 1 heterocycles. The Morgan fingerprint density at radius 1 is 1.35 bits per heavy atom. The molecule has 5 heteroatoms. The number of nitrogens with two attached hydrogens (primary N) is 1. The first-order chi connectivity index (χ1) is 9.67. The molecule has 1 aromatic heterocycles. The third-order valence-electron chi connectivity index (χ3n) is 3.39. The summed E-state index contributed by atoms with van der Waals surface area (Å²) in [5, 5.41) is 9.15. The molecule has 104 valence electrons. The molecule has 0 aliphatic heterocycles. The summed E-state index contributed by atoms with van der Waals surface area (Å²) in [6, 6.07) is 7.29. The molecule has 0 spiro atoms. The van der Waals surface area contributed by atoms with Crippen molar-refractivity contribution in [1.82, 2.24) is 9.97 Å². The Labute approximate surface area is 117 Å². The molecule has 1 saturated carbocycles. The Hall–Kier alpha value is -2.14. The molecular weight excluding hydrogens is 254 g/mol. The van der Waals surface area contributed by atoms with Crippen LogP contribution in [0, 0.1) is 6.92 Å². The average molecular weight is 271 g/mol. The van der Waals surface area contributed by atoms with Gasteiger partial charge in [0.15, 0.2) is 0 Å². The molecule has 0 bridgehead atoms. The molecule has 2 aromatic rings. The SMILES string of the molecule is Cc1c(N)nc(C2CC2)nc1Oc1cccc(CO)c1. The standard InChI is InChI=1S/C15H17N3O2/c1-9-13(16)17-14(11-5-6-11)18-15(9)20-12-4-2-3-10(7-12)8-19/h2-4,7,11,19H,5-6,8H2,1H3,(H2,16,17,18). The van der Waals surface area contributed by atoms with Gasteiger partial charge in [-0.15, -0.1) is 0 Å². The van der Waals surface area contributed by atoms with E-state index in [0.717, 1.165) is 29.8 Å². The minimum Gasteiger partial charge on any atom is -0.439 e. The van der Waals surface area contributed by atoms with Crippen LogP contribution in [0.25, 0.3) is 0 Å². The van der Waals surface area contributed by atoms with Crippen molar-refractivity contribution >= 4 is 5.82 Å². The van der Waals surface area contributed by atoms with Crippen LogP contribution < -0.4 is 10.5 Å². The number of aliphatic hydroxyl groups excluding tert-OH is 1. The molecule has 1 fully saturated rings. The van der Waals surface area contributed by atoms with Gasteiger partial charge in [-0.05, 0) is 37.5 Å². The van der Waals surface area contributed by atoms with Gasteiger partial charge >= 0.3 is 0 Å². The number of rotatable bonds is 4. The zero-order chi connectivity index (χ0) is 14.1. The molecule has 0 amide bonds. The smallest absolute Gasteiger partial charge is 0.227 e. The first-order valence-electron chi connectivity index (χ1n) is 6.69. The van der Waals surface area contributed by atoms with E-state index >= 15 is 0 Å². The Bertz CT molecular complexity index is 639. The van der Waals surface area contributed by atoms with E-state index in [1.54, 1.807) is 6.07 Å². The van der Waals surface area contributed by atoms with Gasteiger partial charge in [0.05, 0.1) is 12.2 Å². The predicted molar refractivity (Wildman–Crippen MR) is 75.6 cm³/mol. The largest absolute Gasteiger partial charge is 0.439 e. The first kappa shape index (κ1) is 12.9. The number of benzene rings is 1. The van der Waals surface area contributed by atoms with E-state index in [1.807, 2.05) is 25.1 Å². The number of aromatic nitrogens is 2. The van der Waals surface area contributed by atoms with Gasteiger partial charge in [-0.1, -0.05) is 12.1 Å². The van der Waals surface area contributed by atoms with Crippen LogP contribution in [0.4, 0.5) is 5.82 Å². The summed E-state index contributed by atoms with van der Waals surface area (Å²) in [6.07, 6.45) is 2.23. The zero-order valence-corrected chi connectivity index (χ0v) is 11.3. The van der Waals surface area contributed by atoms with Gasteiger partial charge in [0.1, 0.15) is 17.4 Å². The molecule has 20 heavy (non-hydrogen) atoms. The average Bonchev–Trinajstić information content (AvgIpc) is 3.28. The highest BCUT2D eigenvalue weighted by Crippen LogP contribution is 2.40. The van der Waals surface area contributed by atoms with Crippen LogP contribution in [-0.2, 0) is 6.61 Å². The first-order valence-corrected chi connectivity index (χ1v) is 6.69. The van der Waals surface area contributed by atoms with Gasteiger partial charge in [-0.2, -0.15) is 4.98 Å². The van der Waals surface area contributed by atoms with E-state index in [4.69, 9.17) is 15.6 Å². The minimum atomic E-state index is -0.0184. The fourth-order valence-electron chi connectivity index (χ4n) is 1.97. The van der Waals surface area contributed by atoms with E-state index in [1.165, 1.54) is 0 Å². The van der Waals surface area contributed by atoms with E-state index in [9.17, 15) is 0 Å². The zero-order valence-electron chi connectivity index (χ0n) is 11.3. The highest BCUT2D eigenvalue weighted by molar-refractivity contribution is 5.46. The third-order valence-corrected chi connectivity index (χ3v) is 3.39. The Kier molecular flexibility index (Phi) is 3.28. The monoisotopic (exact) mass is 271 g/mol. The fourth-order valence-corrected chi connectivity index (χ4v) is 1.97. The molecule has 0 radical (unpaired) electrons. The predicted octanol–water partition coefficient (Wildman–Crippen LogP) is 2.53. The maximum atomic E-state index is 9.15. The molecule has 0 unspecified atom stereocenters. The van der Waals surface area contributed by atoms with Crippen LogP contribution in [0.15, 0.2) is 24.3 Å². The van der Waals surface area contributed by atoms with Crippen LogP contribution in [-0.4, -0.2) is 15.1 Å². The Balaban J connectivity index is 1.92. The molecular formula is C15H17N3O2. The van der Waals surface area contributed by atoms with Crippen LogP contribution in [0.2, 0.25) is 0 Å². The number of hydrogen-bond acceptors (Lipinski definition) is 5. The van der Waals surface area contributed by atoms with Crippen LogP contribution in [0.1, 0.15) is 35.7 Å². The van der Waals surface area contributed by atoms with E-state index in [2.05, 4.69) is 9.97 Å².